The van der Waals surface area contributed by atoms with Crippen molar-refractivity contribution in [2.45, 2.75) is 100 Å². The minimum Gasteiger partial charge on any atom is -0.484 e. The van der Waals surface area contributed by atoms with Crippen molar-refractivity contribution in [1.82, 2.24) is 0 Å². The molecule has 10 nitrogen and oxygen atoms in total. The predicted octanol–water partition coefficient (Wildman–Crippen LogP) is 8.97. The molecule has 0 saturated carbocycles. The maximum Gasteiger partial charge on any atom is 0.311 e. The molecule has 2 aliphatic heterocycles. The van der Waals surface area contributed by atoms with Crippen LogP contribution in [-0.2, 0) is 0 Å². The molecule has 2 aromatic carbocycles. The summed E-state index contributed by atoms with van der Waals surface area (Å²) >= 11 is 1.86. The fourth-order valence-corrected chi connectivity index (χ4v) is 7.28. The number of benzene rings is 2. The molecule has 14 heteroatoms. The number of alkyl halides is 2. The van der Waals surface area contributed by atoms with Gasteiger partial charge in [0.1, 0.15) is 12.8 Å². The highest BCUT2D eigenvalue weighted by Crippen LogP contribution is 2.53. The van der Waals surface area contributed by atoms with Gasteiger partial charge < -0.3 is 9.47 Å². The van der Waals surface area contributed by atoms with Gasteiger partial charge in [-0.1, -0.05) is 69.5 Å². The summed E-state index contributed by atoms with van der Waals surface area (Å²) in [6, 6.07) is 4.80. The van der Waals surface area contributed by atoms with E-state index in [1.54, 1.807) is 0 Å². The summed E-state index contributed by atoms with van der Waals surface area (Å²) in [7, 11) is 0. The molecule has 0 fully saturated rings. The summed E-state index contributed by atoms with van der Waals surface area (Å²) in [4.78, 5) is 49.7. The lowest BCUT2D eigenvalue weighted by Gasteiger charge is -2.15. The number of carbonyl (C=O) groups excluding carboxylic acids is 2. The van der Waals surface area contributed by atoms with Gasteiger partial charge in [0.25, 0.3) is 0 Å². The summed E-state index contributed by atoms with van der Waals surface area (Å²) < 4.78 is 39.7. The molecule has 0 aliphatic carbocycles. The molecular weight excluding hydrogens is 630 g/mol. The van der Waals surface area contributed by atoms with Crippen LogP contribution in [0.2, 0.25) is 0 Å². The molecule has 2 aromatic rings. The van der Waals surface area contributed by atoms with Gasteiger partial charge in [-0.25, -0.2) is 8.78 Å². The Morgan fingerprint density at radius 2 is 1.29 bits per heavy atom. The van der Waals surface area contributed by atoms with E-state index in [2.05, 4.69) is 6.92 Å². The van der Waals surface area contributed by atoms with Gasteiger partial charge in [-0.15, -0.1) is 0 Å². The van der Waals surface area contributed by atoms with Gasteiger partial charge in [-0.3, -0.25) is 29.8 Å². The van der Waals surface area contributed by atoms with Crippen molar-refractivity contribution in [3.8, 4) is 11.5 Å². The predicted molar refractivity (Wildman–Crippen MR) is 167 cm³/mol. The summed E-state index contributed by atoms with van der Waals surface area (Å²) in [6.07, 6.45) is 1.88. The Labute approximate surface area is 267 Å². The number of halogens is 2. The third-order valence-corrected chi connectivity index (χ3v) is 9.90. The lowest BCUT2D eigenvalue weighted by molar-refractivity contribution is -0.386. The molecule has 0 N–H and O–H groups in total. The van der Waals surface area contributed by atoms with Crippen LogP contribution in [0.3, 0.4) is 0 Å². The highest BCUT2D eigenvalue weighted by atomic mass is 32.2. The Balaban J connectivity index is 1.58. The van der Waals surface area contributed by atoms with Gasteiger partial charge in [0.15, 0.2) is 17.7 Å². The number of ether oxygens (including phenoxy) is 2. The lowest BCUT2D eigenvalue weighted by Crippen LogP contribution is -2.24. The molecule has 4 rings (SSSR count). The average molecular weight is 665 g/mol. The van der Waals surface area contributed by atoms with Crippen molar-refractivity contribution >= 4 is 46.5 Å². The summed E-state index contributed by atoms with van der Waals surface area (Å²) in [6.45, 7) is 5.02. The molecule has 0 unspecified atom stereocenters. The number of thioether (sulfide) groups is 2. The molecule has 0 amide bonds. The Morgan fingerprint density at radius 1 is 0.756 bits per heavy atom. The average Bonchev–Trinajstić information content (AvgIpc) is 3.50. The Hall–Kier alpha value is -3.52. The number of fused-ring (bicyclic) bond motifs is 2. The van der Waals surface area contributed by atoms with Gasteiger partial charge in [-0.05, 0) is 26.2 Å². The molecule has 0 aromatic heterocycles. The van der Waals surface area contributed by atoms with Crippen LogP contribution >= 0.6 is 23.5 Å². The van der Waals surface area contributed by atoms with Crippen LogP contribution in [-0.4, -0.2) is 46.5 Å². The van der Waals surface area contributed by atoms with E-state index in [1.165, 1.54) is 12.1 Å². The number of carbonyl (C=O) groups is 2. The molecular formula is C31H34F2N2O8S2. The van der Waals surface area contributed by atoms with Gasteiger partial charge >= 0.3 is 11.4 Å². The second-order valence-corrected chi connectivity index (χ2v) is 13.0. The molecule has 0 bridgehead atoms. The molecule has 0 radical (unpaired) electrons. The number of allylic oxidation sites excluding steroid dienone is 2. The van der Waals surface area contributed by atoms with E-state index in [1.807, 2.05) is 13.8 Å². The van der Waals surface area contributed by atoms with Crippen molar-refractivity contribution < 1.29 is 37.7 Å². The number of nitrogens with zero attached hydrogens (tertiary/aromatic N) is 2. The number of Topliss-reactive ketones (excluding diaryl/α,β-unsaturated/α-hetero) is 2. The van der Waals surface area contributed by atoms with Crippen molar-refractivity contribution in [2.75, 3.05) is 6.61 Å². The first-order chi connectivity index (χ1) is 21.5. The maximum absolute atomic E-state index is 14.3. The first-order valence-electron chi connectivity index (χ1n) is 14.9. The highest BCUT2D eigenvalue weighted by Gasteiger charge is 2.40. The highest BCUT2D eigenvalue weighted by molar-refractivity contribution is 8.08. The molecule has 3 atom stereocenters. The van der Waals surface area contributed by atoms with Crippen LogP contribution in [0.4, 0.5) is 20.2 Å². The fraction of sp³-hybridized carbons (Fsp3) is 0.484. The monoisotopic (exact) mass is 664 g/mol. The van der Waals surface area contributed by atoms with Crippen LogP contribution in [0.15, 0.2) is 43.9 Å². The lowest BCUT2D eigenvalue weighted by atomic mass is 10.1. The number of nitro groups is 2. The van der Waals surface area contributed by atoms with E-state index in [0.717, 1.165) is 61.3 Å². The van der Waals surface area contributed by atoms with Gasteiger partial charge in [0.2, 0.25) is 11.6 Å². The van der Waals surface area contributed by atoms with E-state index in [9.17, 15) is 38.6 Å². The Morgan fingerprint density at radius 3 is 1.82 bits per heavy atom. The number of unbranched alkanes of at least 4 members (excludes halogenated alkanes) is 4. The quantitative estimate of drug-likeness (QED) is 0.0739. The first-order valence-corrected chi connectivity index (χ1v) is 16.5. The van der Waals surface area contributed by atoms with Crippen molar-refractivity contribution in [2.24, 2.45) is 0 Å². The number of hydrogen-bond donors (Lipinski definition) is 0. The summed E-state index contributed by atoms with van der Waals surface area (Å²) in [5.41, 5.74) is -0.952. The largest absolute Gasteiger partial charge is 0.484 e. The SMILES string of the molecule is CCCCCC[C@@H](C)Oc1cc2c(cc1[N+](=O)[O-])C(=O)/C(=C1/Sc3cc(OC[C@@H](F)[C@H](F)CCCC)c([N+](=O)[O-])cc3C1=O)S2. The van der Waals surface area contributed by atoms with E-state index >= 15 is 0 Å². The van der Waals surface area contributed by atoms with Gasteiger partial charge in [0.05, 0.1) is 25.8 Å². The topological polar surface area (TPSA) is 139 Å². The zero-order valence-corrected chi connectivity index (χ0v) is 26.8. The Bertz CT molecular complexity index is 1530. The second-order valence-electron chi connectivity index (χ2n) is 10.9. The van der Waals surface area contributed by atoms with Crippen molar-refractivity contribution in [3.63, 3.8) is 0 Å². The second kappa shape index (κ2) is 15.2. The molecule has 0 saturated heterocycles. The zero-order valence-electron chi connectivity index (χ0n) is 25.1. The van der Waals surface area contributed by atoms with E-state index < -0.39 is 46.1 Å². The van der Waals surface area contributed by atoms with Crippen LogP contribution < -0.4 is 9.47 Å². The van der Waals surface area contributed by atoms with Gasteiger partial charge in [-0.2, -0.15) is 0 Å². The zero-order chi connectivity index (χ0) is 32.8. The van der Waals surface area contributed by atoms with Crippen molar-refractivity contribution in [1.29, 1.82) is 0 Å². The van der Waals surface area contributed by atoms with Crippen LogP contribution in [0.25, 0.3) is 0 Å². The molecule has 2 heterocycles. The van der Waals surface area contributed by atoms with E-state index in [-0.39, 0.29) is 55.5 Å². The normalized spacial score (nSPS) is 17.5. The smallest absolute Gasteiger partial charge is 0.311 e. The number of hydrogen-bond acceptors (Lipinski definition) is 10. The summed E-state index contributed by atoms with van der Waals surface area (Å²) in [5, 5.41) is 23.6. The maximum atomic E-state index is 14.3. The Kier molecular flexibility index (Phi) is 11.6. The molecule has 45 heavy (non-hydrogen) atoms. The standard InChI is InChI=1S/C31H34F2N2O8S2/c1-4-6-8-9-10-17(3)43-25-15-27-19(13-23(25)35(40)41)29(37)31(45-27)30-28(36)18-12-22(34(38)39)24(14-26(18)44-30)42-16-21(33)20(32)11-7-5-2/h12-15,17,20-21H,4-11,16H2,1-3H3/b31-30-/t17-,20-,21-/m1/s1. The number of ketones is 2. The van der Waals surface area contributed by atoms with E-state index in [0.29, 0.717) is 24.2 Å². The minimum absolute atomic E-state index is 0.00245. The fourth-order valence-electron chi connectivity index (χ4n) is 4.96. The van der Waals surface area contributed by atoms with E-state index in [4.69, 9.17) is 9.47 Å². The van der Waals surface area contributed by atoms with Crippen LogP contribution in [0, 0.1) is 20.2 Å². The number of rotatable bonds is 16. The molecule has 2 aliphatic rings. The molecule has 242 valence electrons. The summed E-state index contributed by atoms with van der Waals surface area (Å²) in [5.74, 6) is -1.53. The molecule has 0 spiro atoms. The third kappa shape index (κ3) is 7.83. The first kappa shape index (κ1) is 34.4. The van der Waals surface area contributed by atoms with Crippen LogP contribution in [0.1, 0.15) is 92.9 Å². The third-order valence-electron chi connectivity index (χ3n) is 7.46. The number of nitro benzene ring substituents is 2. The van der Waals surface area contributed by atoms with Gasteiger partial charge in [0, 0.05) is 45.2 Å². The van der Waals surface area contributed by atoms with Crippen molar-refractivity contribution in [3.05, 3.63) is 65.4 Å². The van der Waals surface area contributed by atoms with Crippen LogP contribution in [0.5, 0.6) is 11.5 Å². The minimum atomic E-state index is -2.00.